The van der Waals surface area contributed by atoms with E-state index in [9.17, 15) is 5.26 Å². The fourth-order valence-corrected chi connectivity index (χ4v) is 1.56. The van der Waals surface area contributed by atoms with Crippen LogP contribution in [0.5, 0.6) is 0 Å². The highest BCUT2D eigenvalue weighted by Crippen LogP contribution is 2.22. The Morgan fingerprint density at radius 2 is 1.94 bits per heavy atom. The molecule has 0 unspecified atom stereocenters. The first-order chi connectivity index (χ1) is 7.83. The highest BCUT2D eigenvalue weighted by Gasteiger charge is 2.08. The molecule has 0 N–H and O–H groups in total. The summed E-state index contributed by atoms with van der Waals surface area (Å²) in [5.74, 6) is 0.804. The number of hydrogen-bond donors (Lipinski definition) is 0. The van der Waals surface area contributed by atoms with Gasteiger partial charge in [0, 0.05) is 6.42 Å². The number of hydrogen-bond acceptors (Lipinski definition) is 2. The third kappa shape index (κ3) is 3.13. The van der Waals surface area contributed by atoms with Crippen molar-refractivity contribution in [3.63, 3.8) is 0 Å². The summed E-state index contributed by atoms with van der Waals surface area (Å²) in [7, 11) is 0. The predicted octanol–water partition coefficient (Wildman–Crippen LogP) is 3.76. The molecule has 0 spiro atoms. The van der Waals surface area contributed by atoms with Crippen LogP contribution < -0.4 is 0 Å². The van der Waals surface area contributed by atoms with Crippen molar-refractivity contribution >= 4 is 5.57 Å². The molecule has 0 bridgehead atoms. The van der Waals surface area contributed by atoms with Crippen LogP contribution in [0, 0.1) is 11.3 Å². The molecular formula is C14H17NO. The molecule has 0 aliphatic carbocycles. The number of nitrogens with zero attached hydrogens (tertiary/aromatic N) is 1. The molecule has 1 aromatic carbocycles. The van der Waals surface area contributed by atoms with Crippen molar-refractivity contribution in [2.75, 3.05) is 6.61 Å². The van der Waals surface area contributed by atoms with Crippen molar-refractivity contribution in [2.45, 2.75) is 26.7 Å². The fraction of sp³-hybridized carbons (Fsp3) is 0.357. The Morgan fingerprint density at radius 1 is 1.25 bits per heavy atom. The third-order valence-electron chi connectivity index (χ3n) is 2.25. The van der Waals surface area contributed by atoms with Crippen molar-refractivity contribution in [1.82, 2.24) is 0 Å². The Hall–Kier alpha value is -1.75. The smallest absolute Gasteiger partial charge is 0.114 e. The second-order valence-corrected chi connectivity index (χ2v) is 3.46. The summed E-state index contributed by atoms with van der Waals surface area (Å²) in [5.41, 5.74) is 1.59. The van der Waals surface area contributed by atoms with E-state index in [1.165, 1.54) is 0 Å². The van der Waals surface area contributed by atoms with Gasteiger partial charge in [-0.15, -0.1) is 0 Å². The lowest BCUT2D eigenvalue weighted by Gasteiger charge is -2.10. The SMILES string of the molecule is CCC/C(OCC)=C(/C#N)c1ccccc1. The zero-order valence-electron chi connectivity index (χ0n) is 9.86. The van der Waals surface area contributed by atoms with Gasteiger partial charge in [-0.2, -0.15) is 5.26 Å². The lowest BCUT2D eigenvalue weighted by Crippen LogP contribution is -1.96. The average molecular weight is 215 g/mol. The van der Waals surface area contributed by atoms with Crippen LogP contribution in [0.1, 0.15) is 32.3 Å². The minimum Gasteiger partial charge on any atom is -0.497 e. The van der Waals surface area contributed by atoms with Crippen molar-refractivity contribution in [1.29, 1.82) is 5.26 Å². The van der Waals surface area contributed by atoms with Crippen LogP contribution in [0.3, 0.4) is 0 Å². The van der Waals surface area contributed by atoms with Crippen molar-refractivity contribution < 1.29 is 4.74 Å². The van der Waals surface area contributed by atoms with Crippen molar-refractivity contribution in [3.8, 4) is 6.07 Å². The molecule has 0 amide bonds. The number of benzene rings is 1. The number of rotatable bonds is 5. The molecule has 84 valence electrons. The molecule has 0 aliphatic rings. The van der Waals surface area contributed by atoms with Gasteiger partial charge in [0.25, 0.3) is 0 Å². The molecule has 0 fully saturated rings. The van der Waals surface area contributed by atoms with E-state index in [2.05, 4.69) is 13.0 Å². The monoisotopic (exact) mass is 215 g/mol. The number of nitriles is 1. The number of ether oxygens (including phenoxy) is 1. The summed E-state index contributed by atoms with van der Waals surface area (Å²) < 4.78 is 5.55. The zero-order chi connectivity index (χ0) is 11.8. The molecule has 16 heavy (non-hydrogen) atoms. The molecule has 0 radical (unpaired) electrons. The van der Waals surface area contributed by atoms with Gasteiger partial charge in [-0.25, -0.2) is 0 Å². The second kappa shape index (κ2) is 6.68. The molecule has 0 saturated heterocycles. The van der Waals surface area contributed by atoms with E-state index in [-0.39, 0.29) is 0 Å². The van der Waals surface area contributed by atoms with Crippen LogP contribution in [0.25, 0.3) is 5.57 Å². The lowest BCUT2D eigenvalue weighted by molar-refractivity contribution is 0.220. The summed E-state index contributed by atoms with van der Waals surface area (Å²) >= 11 is 0. The maximum Gasteiger partial charge on any atom is 0.114 e. The highest BCUT2D eigenvalue weighted by atomic mass is 16.5. The Bertz CT molecular complexity index is 379. The minimum atomic E-state index is 0.605. The quantitative estimate of drug-likeness (QED) is 0.553. The Kier molecular flexibility index (Phi) is 5.15. The van der Waals surface area contributed by atoms with E-state index < -0.39 is 0 Å². The van der Waals surface area contributed by atoms with E-state index in [0.29, 0.717) is 12.2 Å². The second-order valence-electron chi connectivity index (χ2n) is 3.46. The predicted molar refractivity (Wildman–Crippen MR) is 65.5 cm³/mol. The molecular weight excluding hydrogens is 198 g/mol. The van der Waals surface area contributed by atoms with E-state index in [1.54, 1.807) is 0 Å². The van der Waals surface area contributed by atoms with Gasteiger partial charge in [0.2, 0.25) is 0 Å². The summed E-state index contributed by atoms with van der Waals surface area (Å²) in [6.45, 7) is 4.63. The van der Waals surface area contributed by atoms with Gasteiger partial charge >= 0.3 is 0 Å². The molecule has 0 aromatic heterocycles. The lowest BCUT2D eigenvalue weighted by atomic mass is 10.0. The Labute approximate surface area is 97.2 Å². The molecule has 2 nitrogen and oxygen atoms in total. The molecule has 1 rings (SSSR count). The number of allylic oxidation sites excluding steroid dienone is 2. The molecule has 1 aromatic rings. The van der Waals surface area contributed by atoms with Crippen LogP contribution in [0.4, 0.5) is 0 Å². The zero-order valence-corrected chi connectivity index (χ0v) is 9.86. The molecule has 0 aliphatic heterocycles. The molecule has 2 heteroatoms. The molecule has 0 saturated carbocycles. The van der Waals surface area contributed by atoms with E-state index >= 15 is 0 Å². The first kappa shape index (κ1) is 12.3. The van der Waals surface area contributed by atoms with Gasteiger partial charge in [0.15, 0.2) is 0 Å². The molecule has 0 atom stereocenters. The topological polar surface area (TPSA) is 33.0 Å². The van der Waals surface area contributed by atoms with Gasteiger partial charge in [-0.05, 0) is 18.9 Å². The van der Waals surface area contributed by atoms with E-state index in [4.69, 9.17) is 4.74 Å². The van der Waals surface area contributed by atoms with Crippen LogP contribution in [-0.2, 0) is 4.74 Å². The van der Waals surface area contributed by atoms with Gasteiger partial charge in [-0.1, -0.05) is 37.3 Å². The van der Waals surface area contributed by atoms with Crippen molar-refractivity contribution in [2.24, 2.45) is 0 Å². The molecule has 0 heterocycles. The van der Waals surface area contributed by atoms with E-state index in [1.807, 2.05) is 37.3 Å². The van der Waals surface area contributed by atoms with Gasteiger partial charge < -0.3 is 4.74 Å². The van der Waals surface area contributed by atoms with Crippen molar-refractivity contribution in [3.05, 3.63) is 41.7 Å². The van der Waals surface area contributed by atoms with Crippen LogP contribution >= 0.6 is 0 Å². The summed E-state index contributed by atoms with van der Waals surface area (Å²) in [5, 5.41) is 9.22. The first-order valence-electron chi connectivity index (χ1n) is 5.64. The third-order valence-corrected chi connectivity index (χ3v) is 2.25. The fourth-order valence-electron chi connectivity index (χ4n) is 1.56. The normalized spacial score (nSPS) is 11.6. The van der Waals surface area contributed by atoms with Gasteiger partial charge in [-0.3, -0.25) is 0 Å². The van der Waals surface area contributed by atoms with Gasteiger partial charge in [0.05, 0.1) is 12.2 Å². The minimum absolute atomic E-state index is 0.605. The van der Waals surface area contributed by atoms with E-state index in [0.717, 1.165) is 24.2 Å². The Balaban J connectivity index is 3.10. The highest BCUT2D eigenvalue weighted by molar-refractivity contribution is 5.78. The first-order valence-corrected chi connectivity index (χ1v) is 5.64. The van der Waals surface area contributed by atoms with Gasteiger partial charge in [0.1, 0.15) is 11.8 Å². The van der Waals surface area contributed by atoms with Crippen LogP contribution in [0.2, 0.25) is 0 Å². The Morgan fingerprint density at radius 3 is 2.44 bits per heavy atom. The maximum atomic E-state index is 9.22. The summed E-state index contributed by atoms with van der Waals surface area (Å²) in [6, 6.07) is 11.9. The van der Waals surface area contributed by atoms with Crippen LogP contribution in [-0.4, -0.2) is 6.61 Å². The largest absolute Gasteiger partial charge is 0.497 e. The standard InChI is InChI=1S/C14H17NO/c1-3-8-14(16-4-2)13(11-15)12-9-6-5-7-10-12/h5-7,9-10H,3-4,8H2,1-2H3/b14-13+. The average Bonchev–Trinajstić information content (AvgIpc) is 2.32. The maximum absolute atomic E-state index is 9.22. The summed E-state index contributed by atoms with van der Waals surface area (Å²) in [6.07, 6.45) is 1.79. The van der Waals surface area contributed by atoms with Crippen LogP contribution in [0.15, 0.2) is 36.1 Å². The summed E-state index contributed by atoms with van der Waals surface area (Å²) in [4.78, 5) is 0.